The summed E-state index contributed by atoms with van der Waals surface area (Å²) in [6, 6.07) is 9.34. The number of nitrogens with zero attached hydrogens (tertiary/aromatic N) is 4. The first-order valence-electron chi connectivity index (χ1n) is 10.9. The minimum absolute atomic E-state index is 0.0263. The highest BCUT2D eigenvalue weighted by atomic mass is 32.2. The van der Waals surface area contributed by atoms with Crippen molar-refractivity contribution in [2.75, 3.05) is 37.7 Å². The summed E-state index contributed by atoms with van der Waals surface area (Å²) in [6.07, 6.45) is 4.90. The molecule has 0 spiro atoms. The van der Waals surface area contributed by atoms with E-state index in [2.05, 4.69) is 26.7 Å². The Bertz CT molecular complexity index is 1080. The van der Waals surface area contributed by atoms with Gasteiger partial charge >= 0.3 is 0 Å². The monoisotopic (exact) mass is 475 g/mol. The van der Waals surface area contributed by atoms with Gasteiger partial charge in [0, 0.05) is 45.1 Å². The van der Waals surface area contributed by atoms with Gasteiger partial charge in [-0.05, 0) is 12.1 Å². The molecule has 1 aromatic carbocycles. The molecule has 178 valence electrons. The normalized spacial score (nSPS) is 23.6. The zero-order chi connectivity index (χ0) is 23.4. The van der Waals surface area contributed by atoms with Crippen LogP contribution in [-0.4, -0.2) is 84.9 Å². The first-order valence-corrected chi connectivity index (χ1v) is 12.4. The van der Waals surface area contributed by atoms with Gasteiger partial charge in [-0.2, -0.15) is 0 Å². The van der Waals surface area contributed by atoms with Gasteiger partial charge in [0.1, 0.15) is 6.10 Å². The molecule has 2 aliphatic rings. The van der Waals surface area contributed by atoms with Crippen molar-refractivity contribution in [3.8, 4) is 0 Å². The molecule has 11 heteroatoms. The Morgan fingerprint density at radius 3 is 2.55 bits per heavy atom. The average Bonchev–Trinajstić information content (AvgIpc) is 3.28. The number of amides is 1. The van der Waals surface area contributed by atoms with E-state index in [1.807, 2.05) is 23.1 Å². The number of imidazole rings is 1. The Labute approximate surface area is 193 Å². The predicted octanol–water partition coefficient (Wildman–Crippen LogP) is 0.122. The molecular formula is C22H29N5O5S. The molecule has 1 amide bonds. The number of sulfonamides is 1. The van der Waals surface area contributed by atoms with Gasteiger partial charge in [-0.15, -0.1) is 0 Å². The minimum atomic E-state index is -3.87. The van der Waals surface area contributed by atoms with E-state index in [4.69, 9.17) is 4.74 Å². The summed E-state index contributed by atoms with van der Waals surface area (Å²) in [5.41, 5.74) is 1.15. The predicted molar refractivity (Wildman–Crippen MR) is 122 cm³/mol. The molecule has 3 heterocycles. The summed E-state index contributed by atoms with van der Waals surface area (Å²) in [5, 5.41) is 9.65. The number of hydrogen-bond donors (Lipinski definition) is 2. The van der Waals surface area contributed by atoms with Crippen LogP contribution in [0.15, 0.2) is 60.0 Å². The highest BCUT2D eigenvalue weighted by Crippen LogP contribution is 2.20. The molecule has 2 N–H and O–H groups in total. The van der Waals surface area contributed by atoms with Crippen LogP contribution >= 0.6 is 0 Å². The van der Waals surface area contributed by atoms with Crippen molar-refractivity contribution in [1.29, 1.82) is 0 Å². The fraction of sp³-hybridized carbons (Fsp3) is 0.455. The number of piperazine rings is 1. The van der Waals surface area contributed by atoms with Crippen molar-refractivity contribution < 1.29 is 23.1 Å². The van der Waals surface area contributed by atoms with E-state index in [9.17, 15) is 18.3 Å². The lowest BCUT2D eigenvalue weighted by Crippen LogP contribution is -2.51. The van der Waals surface area contributed by atoms with Gasteiger partial charge in [0.15, 0.2) is 5.03 Å². The van der Waals surface area contributed by atoms with Crippen LogP contribution in [0, 0.1) is 0 Å². The van der Waals surface area contributed by atoms with E-state index in [-0.39, 0.29) is 24.0 Å². The summed E-state index contributed by atoms with van der Waals surface area (Å²) < 4.78 is 35.0. The smallest absolute Gasteiger partial charge is 0.260 e. The molecular weight excluding hydrogens is 446 g/mol. The third-order valence-electron chi connectivity index (χ3n) is 5.84. The van der Waals surface area contributed by atoms with Gasteiger partial charge in [0.2, 0.25) is 5.91 Å². The highest BCUT2D eigenvalue weighted by molar-refractivity contribution is 7.89. The van der Waals surface area contributed by atoms with Gasteiger partial charge in [-0.3, -0.25) is 4.79 Å². The number of para-hydroxylation sites is 1. The van der Waals surface area contributed by atoms with E-state index in [0.29, 0.717) is 13.1 Å². The number of aryl methyl sites for hydroxylation is 1. The Hall–Kier alpha value is -2.73. The first-order chi connectivity index (χ1) is 15.9. The SMILES string of the molecule is Cn1cnc(S(=O)(=O)N[C@H]2C=C[C@H](CC(=O)N3CCN(c4ccccc4)CC3)O[C@@H]2CO)c1. The molecule has 0 bridgehead atoms. The van der Waals surface area contributed by atoms with Crippen LogP contribution in [-0.2, 0) is 26.6 Å². The summed E-state index contributed by atoms with van der Waals surface area (Å²) in [4.78, 5) is 20.7. The Kier molecular flexibility index (Phi) is 7.13. The summed E-state index contributed by atoms with van der Waals surface area (Å²) in [5.74, 6) is -0.0263. The molecule has 0 saturated carbocycles. The van der Waals surface area contributed by atoms with E-state index in [1.165, 1.54) is 17.1 Å². The van der Waals surface area contributed by atoms with Crippen LogP contribution in [0.25, 0.3) is 0 Å². The molecule has 1 fully saturated rings. The second-order valence-electron chi connectivity index (χ2n) is 8.21. The number of benzene rings is 1. The Morgan fingerprint density at radius 1 is 1.18 bits per heavy atom. The van der Waals surface area contributed by atoms with Gasteiger partial charge in [-0.25, -0.2) is 18.1 Å². The van der Waals surface area contributed by atoms with E-state index in [1.54, 1.807) is 19.2 Å². The average molecular weight is 476 g/mol. The van der Waals surface area contributed by atoms with Crippen molar-refractivity contribution in [1.82, 2.24) is 19.2 Å². The molecule has 1 saturated heterocycles. The number of ether oxygens (including phenoxy) is 1. The molecule has 3 atom stereocenters. The van der Waals surface area contributed by atoms with Crippen molar-refractivity contribution in [3.05, 3.63) is 55.0 Å². The van der Waals surface area contributed by atoms with Crippen LogP contribution < -0.4 is 9.62 Å². The number of rotatable bonds is 7. The summed E-state index contributed by atoms with van der Waals surface area (Å²) >= 11 is 0. The standard InChI is InChI=1S/C22H29N5O5S/c1-25-14-21(23-16-25)33(30,31)24-19-8-7-18(32-20(19)15-28)13-22(29)27-11-9-26(10-12-27)17-5-3-2-4-6-17/h2-8,14,16,18-20,24,28H,9-13,15H2,1H3/t18-,19+,20-/m1/s1. The van der Waals surface area contributed by atoms with Crippen molar-refractivity contribution in [3.63, 3.8) is 0 Å². The van der Waals surface area contributed by atoms with Gasteiger partial charge < -0.3 is 24.2 Å². The fourth-order valence-corrected chi connectivity index (χ4v) is 5.23. The van der Waals surface area contributed by atoms with Gasteiger partial charge in [-0.1, -0.05) is 30.4 Å². The van der Waals surface area contributed by atoms with Crippen LogP contribution in [0.2, 0.25) is 0 Å². The lowest BCUT2D eigenvalue weighted by atomic mass is 10.1. The van der Waals surface area contributed by atoms with Crippen LogP contribution in [0.3, 0.4) is 0 Å². The number of nitrogens with one attached hydrogen (secondary N) is 1. The molecule has 0 radical (unpaired) electrons. The topological polar surface area (TPSA) is 117 Å². The zero-order valence-corrected chi connectivity index (χ0v) is 19.3. The minimum Gasteiger partial charge on any atom is -0.394 e. The molecule has 10 nitrogen and oxygen atoms in total. The molecule has 2 aromatic rings. The quantitative estimate of drug-likeness (QED) is 0.547. The first kappa shape index (κ1) is 23.4. The molecule has 0 unspecified atom stereocenters. The fourth-order valence-electron chi connectivity index (χ4n) is 4.03. The number of anilines is 1. The van der Waals surface area contributed by atoms with Crippen LogP contribution in [0.1, 0.15) is 6.42 Å². The van der Waals surface area contributed by atoms with E-state index in [0.717, 1.165) is 18.8 Å². The third-order valence-corrected chi connectivity index (χ3v) is 7.18. The second-order valence-corrected chi connectivity index (χ2v) is 9.87. The lowest BCUT2D eigenvalue weighted by molar-refractivity contribution is -0.135. The highest BCUT2D eigenvalue weighted by Gasteiger charge is 2.33. The number of aliphatic hydroxyl groups is 1. The number of carbonyl (C=O) groups is 1. The summed E-state index contributed by atoms with van der Waals surface area (Å²) in [6.45, 7) is 2.38. The number of aliphatic hydroxyl groups excluding tert-OH is 1. The number of aromatic nitrogens is 2. The molecule has 2 aliphatic heterocycles. The van der Waals surface area contributed by atoms with Gasteiger partial charge in [0.25, 0.3) is 10.0 Å². The Balaban J connectivity index is 1.32. The van der Waals surface area contributed by atoms with Crippen molar-refractivity contribution >= 4 is 21.6 Å². The maximum absolute atomic E-state index is 12.8. The molecule has 33 heavy (non-hydrogen) atoms. The van der Waals surface area contributed by atoms with Gasteiger partial charge in [0.05, 0.1) is 31.5 Å². The number of carbonyl (C=O) groups excluding carboxylic acids is 1. The van der Waals surface area contributed by atoms with Crippen molar-refractivity contribution in [2.24, 2.45) is 7.05 Å². The number of hydrogen-bond acceptors (Lipinski definition) is 7. The van der Waals surface area contributed by atoms with E-state index < -0.39 is 28.3 Å². The van der Waals surface area contributed by atoms with E-state index >= 15 is 0 Å². The lowest BCUT2D eigenvalue weighted by Gasteiger charge is -2.37. The third kappa shape index (κ3) is 5.61. The summed E-state index contributed by atoms with van der Waals surface area (Å²) in [7, 11) is -2.20. The molecule has 1 aromatic heterocycles. The van der Waals surface area contributed by atoms with Crippen molar-refractivity contribution in [2.45, 2.75) is 29.7 Å². The molecule has 4 rings (SSSR count). The second kappa shape index (κ2) is 10.0. The Morgan fingerprint density at radius 2 is 1.91 bits per heavy atom. The maximum Gasteiger partial charge on any atom is 0.260 e. The van der Waals surface area contributed by atoms with Crippen LogP contribution in [0.5, 0.6) is 0 Å². The zero-order valence-electron chi connectivity index (χ0n) is 18.4. The molecule has 0 aliphatic carbocycles. The largest absolute Gasteiger partial charge is 0.394 e. The maximum atomic E-state index is 12.8. The van der Waals surface area contributed by atoms with Crippen LogP contribution in [0.4, 0.5) is 5.69 Å².